The number of likely N-dealkylation sites (tertiary alicyclic amines) is 1. The molecule has 0 aromatic heterocycles. The minimum atomic E-state index is -0.859. The molecule has 1 aromatic carbocycles. The van der Waals surface area contributed by atoms with Crippen molar-refractivity contribution in [2.45, 2.75) is 31.3 Å². The molecule has 19 heavy (non-hydrogen) atoms. The van der Waals surface area contributed by atoms with Crippen LogP contribution in [0.25, 0.3) is 0 Å². The number of aliphatic hydroxyl groups is 1. The van der Waals surface area contributed by atoms with Crippen molar-refractivity contribution in [3.63, 3.8) is 0 Å². The van der Waals surface area contributed by atoms with Crippen LogP contribution in [0.5, 0.6) is 0 Å². The highest BCUT2D eigenvalue weighted by molar-refractivity contribution is 5.22. The van der Waals surface area contributed by atoms with Gasteiger partial charge in [0.1, 0.15) is 0 Å². The molecule has 1 aliphatic heterocycles. The average Bonchev–Trinajstić information content (AvgIpc) is 2.86. The minimum absolute atomic E-state index is 0.142. The summed E-state index contributed by atoms with van der Waals surface area (Å²) in [4.78, 5) is 2.16. The zero-order valence-corrected chi connectivity index (χ0v) is 10.9. The van der Waals surface area contributed by atoms with Crippen molar-refractivity contribution < 1.29 is 13.9 Å². The van der Waals surface area contributed by atoms with Crippen molar-refractivity contribution >= 4 is 0 Å². The number of nitrogens with two attached hydrogens (primary N) is 1. The van der Waals surface area contributed by atoms with Gasteiger partial charge in [-0.05, 0) is 31.9 Å². The van der Waals surface area contributed by atoms with Gasteiger partial charge in [0.2, 0.25) is 0 Å². The van der Waals surface area contributed by atoms with Crippen LogP contribution < -0.4 is 5.73 Å². The zero-order chi connectivity index (χ0) is 13.8. The number of rotatable bonds is 5. The van der Waals surface area contributed by atoms with E-state index in [1.54, 1.807) is 0 Å². The number of aliphatic hydroxyl groups excluding tert-OH is 1. The third-order valence-electron chi connectivity index (χ3n) is 3.82. The Balaban J connectivity index is 1.94. The molecule has 1 aromatic rings. The Morgan fingerprint density at radius 3 is 2.95 bits per heavy atom. The summed E-state index contributed by atoms with van der Waals surface area (Å²) in [6.45, 7) is 1.77. The molecule has 0 bridgehead atoms. The van der Waals surface area contributed by atoms with Gasteiger partial charge in [0.25, 0.3) is 0 Å². The smallest absolute Gasteiger partial charge is 0.163 e. The minimum Gasteiger partial charge on any atom is -0.395 e. The highest BCUT2D eigenvalue weighted by Crippen LogP contribution is 2.22. The fourth-order valence-electron chi connectivity index (χ4n) is 2.66. The van der Waals surface area contributed by atoms with E-state index >= 15 is 0 Å². The third-order valence-corrected chi connectivity index (χ3v) is 3.82. The van der Waals surface area contributed by atoms with Crippen LogP contribution in [0, 0.1) is 11.6 Å². The summed E-state index contributed by atoms with van der Waals surface area (Å²) in [6.07, 6.45) is 2.60. The molecule has 0 amide bonds. The lowest BCUT2D eigenvalue weighted by Gasteiger charge is -2.24. The number of nitrogens with zero attached hydrogens (tertiary/aromatic N) is 1. The van der Waals surface area contributed by atoms with Gasteiger partial charge in [0.05, 0.1) is 6.61 Å². The van der Waals surface area contributed by atoms with E-state index in [4.69, 9.17) is 5.73 Å². The fourth-order valence-corrected chi connectivity index (χ4v) is 2.66. The van der Waals surface area contributed by atoms with Crippen LogP contribution in [-0.4, -0.2) is 35.7 Å². The van der Waals surface area contributed by atoms with Crippen molar-refractivity contribution in [3.8, 4) is 0 Å². The van der Waals surface area contributed by atoms with E-state index in [1.165, 1.54) is 12.1 Å². The summed E-state index contributed by atoms with van der Waals surface area (Å²) in [5, 5.41) is 9.22. The van der Waals surface area contributed by atoms with Gasteiger partial charge in [-0.15, -0.1) is 0 Å². The molecule has 3 nitrogen and oxygen atoms in total. The number of halogens is 2. The molecular weight excluding hydrogens is 250 g/mol. The van der Waals surface area contributed by atoms with Crippen molar-refractivity contribution in [1.82, 2.24) is 4.90 Å². The van der Waals surface area contributed by atoms with Gasteiger partial charge in [-0.1, -0.05) is 12.1 Å². The van der Waals surface area contributed by atoms with E-state index in [9.17, 15) is 13.9 Å². The number of hydrogen-bond donors (Lipinski definition) is 2. The fraction of sp³-hybridized carbons (Fsp3) is 0.571. The van der Waals surface area contributed by atoms with E-state index in [1.807, 2.05) is 0 Å². The van der Waals surface area contributed by atoms with Gasteiger partial charge >= 0.3 is 0 Å². The molecule has 2 unspecified atom stereocenters. The van der Waals surface area contributed by atoms with E-state index < -0.39 is 17.7 Å². The second kappa shape index (κ2) is 6.41. The standard InChI is InChI=1S/C14H20F2N2O/c15-12-5-1-4-11(14(12)16)13(17)6-8-18-7-2-3-10(18)9-19/h1,4-5,10,13,19H,2-3,6-9,17H2. The Bertz CT molecular complexity index is 428. The quantitative estimate of drug-likeness (QED) is 0.858. The van der Waals surface area contributed by atoms with Crippen LogP contribution in [-0.2, 0) is 0 Å². The normalized spacial score (nSPS) is 21.8. The zero-order valence-electron chi connectivity index (χ0n) is 10.9. The lowest BCUT2D eigenvalue weighted by Crippen LogP contribution is -2.34. The van der Waals surface area contributed by atoms with Crippen molar-refractivity contribution in [2.24, 2.45) is 5.73 Å². The predicted molar refractivity (Wildman–Crippen MR) is 69.6 cm³/mol. The average molecular weight is 270 g/mol. The first-order chi connectivity index (χ1) is 9.13. The molecule has 106 valence electrons. The number of benzene rings is 1. The predicted octanol–water partition coefficient (Wildman–Crippen LogP) is 1.81. The molecule has 1 aliphatic rings. The van der Waals surface area contributed by atoms with E-state index in [-0.39, 0.29) is 18.2 Å². The van der Waals surface area contributed by atoms with Gasteiger partial charge < -0.3 is 10.8 Å². The van der Waals surface area contributed by atoms with Crippen LogP contribution in [0.1, 0.15) is 30.9 Å². The van der Waals surface area contributed by atoms with Crippen LogP contribution in [0.3, 0.4) is 0 Å². The molecule has 1 heterocycles. The van der Waals surface area contributed by atoms with Crippen molar-refractivity contribution in [2.75, 3.05) is 19.7 Å². The highest BCUT2D eigenvalue weighted by Gasteiger charge is 2.24. The van der Waals surface area contributed by atoms with Gasteiger partial charge in [-0.2, -0.15) is 0 Å². The molecule has 5 heteroatoms. The van der Waals surface area contributed by atoms with E-state index in [2.05, 4.69) is 4.90 Å². The summed E-state index contributed by atoms with van der Waals surface area (Å²) in [5.41, 5.74) is 6.16. The van der Waals surface area contributed by atoms with Gasteiger partial charge in [0, 0.05) is 24.2 Å². The Labute approximate surface area is 112 Å². The van der Waals surface area contributed by atoms with Crippen molar-refractivity contribution in [3.05, 3.63) is 35.4 Å². The SMILES string of the molecule is NC(CCN1CCCC1CO)c1cccc(F)c1F. The third kappa shape index (κ3) is 3.29. The largest absolute Gasteiger partial charge is 0.395 e. The first-order valence-electron chi connectivity index (χ1n) is 6.68. The Kier molecular flexibility index (Phi) is 4.85. The second-order valence-corrected chi connectivity index (χ2v) is 5.05. The molecule has 0 aliphatic carbocycles. The van der Waals surface area contributed by atoms with Gasteiger partial charge in [-0.3, -0.25) is 4.90 Å². The molecular formula is C14H20F2N2O. The maximum atomic E-state index is 13.6. The molecule has 0 spiro atoms. The molecule has 1 saturated heterocycles. The topological polar surface area (TPSA) is 49.5 Å². The summed E-state index contributed by atoms with van der Waals surface area (Å²) in [6, 6.07) is 3.75. The van der Waals surface area contributed by atoms with Crippen molar-refractivity contribution in [1.29, 1.82) is 0 Å². The summed E-state index contributed by atoms with van der Waals surface area (Å²) in [5.74, 6) is -1.71. The van der Waals surface area contributed by atoms with Crippen LogP contribution in [0.15, 0.2) is 18.2 Å². The summed E-state index contributed by atoms with van der Waals surface area (Å²) >= 11 is 0. The van der Waals surface area contributed by atoms with E-state index in [0.717, 1.165) is 25.5 Å². The molecule has 1 fully saturated rings. The maximum absolute atomic E-state index is 13.6. The summed E-state index contributed by atoms with van der Waals surface area (Å²) in [7, 11) is 0. The Morgan fingerprint density at radius 1 is 1.42 bits per heavy atom. The Hall–Kier alpha value is -1.04. The second-order valence-electron chi connectivity index (χ2n) is 5.05. The Morgan fingerprint density at radius 2 is 2.21 bits per heavy atom. The van der Waals surface area contributed by atoms with Crippen LogP contribution in [0.4, 0.5) is 8.78 Å². The van der Waals surface area contributed by atoms with Crippen LogP contribution >= 0.6 is 0 Å². The molecule has 2 rings (SSSR count). The van der Waals surface area contributed by atoms with E-state index in [0.29, 0.717) is 13.0 Å². The van der Waals surface area contributed by atoms with Gasteiger partial charge in [-0.25, -0.2) is 8.78 Å². The molecule has 2 atom stereocenters. The lowest BCUT2D eigenvalue weighted by atomic mass is 10.0. The first kappa shape index (κ1) is 14.4. The van der Waals surface area contributed by atoms with Gasteiger partial charge in [0.15, 0.2) is 11.6 Å². The molecule has 0 saturated carbocycles. The first-order valence-corrected chi connectivity index (χ1v) is 6.68. The highest BCUT2D eigenvalue weighted by atomic mass is 19.2. The van der Waals surface area contributed by atoms with Crippen LogP contribution in [0.2, 0.25) is 0 Å². The summed E-state index contributed by atoms with van der Waals surface area (Å²) < 4.78 is 26.7. The maximum Gasteiger partial charge on any atom is 0.163 e. The number of hydrogen-bond acceptors (Lipinski definition) is 3. The molecule has 3 N–H and O–H groups in total. The lowest BCUT2D eigenvalue weighted by molar-refractivity contribution is 0.155. The molecule has 0 radical (unpaired) electrons. The monoisotopic (exact) mass is 270 g/mol.